The van der Waals surface area contributed by atoms with Crippen LogP contribution in [0, 0.1) is 23.2 Å². The largest absolute Gasteiger partial charge is 0.497 e. The number of hydrogen-bond donors (Lipinski definition) is 1. The van der Waals surface area contributed by atoms with Crippen molar-refractivity contribution in [1.29, 1.82) is 0 Å². The third kappa shape index (κ3) is 1.96. The fourth-order valence-corrected chi connectivity index (χ4v) is 6.09. The molecule has 0 aliphatic heterocycles. The molecule has 1 N–H and O–H groups in total. The Morgan fingerprint density at radius 1 is 1.23 bits per heavy atom. The van der Waals surface area contributed by atoms with Gasteiger partial charge in [0.15, 0.2) is 0 Å². The van der Waals surface area contributed by atoms with E-state index in [0.717, 1.165) is 23.5 Å². The highest BCUT2D eigenvalue weighted by Crippen LogP contribution is 2.62. The highest BCUT2D eigenvalue weighted by Gasteiger charge is 2.54. The second-order valence-corrected chi connectivity index (χ2v) is 7.98. The Balaban J connectivity index is 1.66. The molecule has 2 heteroatoms. The number of aliphatic hydroxyl groups excluding tert-OH is 1. The molecule has 0 radical (unpaired) electrons. The zero-order valence-corrected chi connectivity index (χ0v) is 13.8. The highest BCUT2D eigenvalue weighted by molar-refractivity contribution is 5.40. The highest BCUT2D eigenvalue weighted by atomic mass is 16.5. The number of hydrogen-bond acceptors (Lipinski definition) is 2. The number of ether oxygens (including phenoxy) is 1. The summed E-state index contributed by atoms with van der Waals surface area (Å²) in [6.45, 7) is 2.85. The van der Waals surface area contributed by atoms with Crippen LogP contribution in [0.4, 0.5) is 0 Å². The summed E-state index contributed by atoms with van der Waals surface area (Å²) in [4.78, 5) is 0. The molecule has 3 aliphatic rings. The van der Waals surface area contributed by atoms with Crippen LogP contribution in [0.2, 0.25) is 0 Å². The first-order valence-corrected chi connectivity index (χ1v) is 8.95. The lowest BCUT2D eigenvalue weighted by Crippen LogP contribution is -2.43. The van der Waals surface area contributed by atoms with Gasteiger partial charge in [-0.1, -0.05) is 13.0 Å². The standard InChI is InChI=1S/C20H28O2/c1-20-10-9-17-16-7-5-15(22-2)11-13(16)3-6-18(17)19(20)8-4-14(20)12-21/h5,7,11,14,17-19,21H,3-4,6,8-10,12H2,1-2H3/t14-,17+,18+,19+,20+/m0/s1. The van der Waals surface area contributed by atoms with E-state index in [2.05, 4.69) is 25.1 Å². The van der Waals surface area contributed by atoms with E-state index < -0.39 is 0 Å². The number of methoxy groups -OCH3 is 1. The fraction of sp³-hybridized carbons (Fsp3) is 0.700. The molecule has 2 fully saturated rings. The Morgan fingerprint density at radius 2 is 2.09 bits per heavy atom. The van der Waals surface area contributed by atoms with Gasteiger partial charge in [0.1, 0.15) is 5.75 Å². The van der Waals surface area contributed by atoms with E-state index >= 15 is 0 Å². The van der Waals surface area contributed by atoms with E-state index in [9.17, 15) is 5.11 Å². The first-order valence-electron chi connectivity index (χ1n) is 8.95. The van der Waals surface area contributed by atoms with Gasteiger partial charge in [-0.15, -0.1) is 0 Å². The Labute approximate surface area is 133 Å². The molecule has 1 aromatic carbocycles. The Morgan fingerprint density at radius 3 is 2.86 bits per heavy atom. The predicted octanol–water partition coefficient (Wildman–Crippen LogP) is 4.16. The topological polar surface area (TPSA) is 29.5 Å². The maximum Gasteiger partial charge on any atom is 0.119 e. The van der Waals surface area contributed by atoms with Crippen LogP contribution in [0.5, 0.6) is 5.75 Å². The molecule has 4 rings (SSSR count). The van der Waals surface area contributed by atoms with Gasteiger partial charge in [-0.2, -0.15) is 0 Å². The van der Waals surface area contributed by atoms with Gasteiger partial charge in [-0.05, 0) is 90.9 Å². The van der Waals surface area contributed by atoms with Gasteiger partial charge in [0.25, 0.3) is 0 Å². The molecule has 22 heavy (non-hydrogen) atoms. The third-order valence-corrected chi connectivity index (χ3v) is 7.35. The molecule has 120 valence electrons. The van der Waals surface area contributed by atoms with Gasteiger partial charge in [-0.3, -0.25) is 0 Å². The van der Waals surface area contributed by atoms with E-state index in [1.165, 1.54) is 44.1 Å². The van der Waals surface area contributed by atoms with Crippen LogP contribution in [-0.2, 0) is 6.42 Å². The Bertz CT molecular complexity index is 567. The normalized spacial score (nSPS) is 39.8. The Hall–Kier alpha value is -1.02. The van der Waals surface area contributed by atoms with Gasteiger partial charge in [0.2, 0.25) is 0 Å². The summed E-state index contributed by atoms with van der Waals surface area (Å²) in [6.07, 6.45) is 7.67. The van der Waals surface area contributed by atoms with Crippen molar-refractivity contribution >= 4 is 0 Å². The van der Waals surface area contributed by atoms with E-state index in [1.807, 2.05) is 0 Å². The van der Waals surface area contributed by atoms with Crippen molar-refractivity contribution in [1.82, 2.24) is 0 Å². The molecule has 2 nitrogen and oxygen atoms in total. The van der Waals surface area contributed by atoms with Gasteiger partial charge >= 0.3 is 0 Å². The summed E-state index contributed by atoms with van der Waals surface area (Å²) >= 11 is 0. The van der Waals surface area contributed by atoms with Gasteiger partial charge in [-0.25, -0.2) is 0 Å². The molecule has 0 aromatic heterocycles. The van der Waals surface area contributed by atoms with Crippen LogP contribution >= 0.6 is 0 Å². The summed E-state index contributed by atoms with van der Waals surface area (Å²) in [7, 11) is 1.76. The molecule has 5 atom stereocenters. The molecule has 0 bridgehead atoms. The first kappa shape index (κ1) is 14.6. The second-order valence-electron chi connectivity index (χ2n) is 7.98. The van der Waals surface area contributed by atoms with Gasteiger partial charge in [0.05, 0.1) is 7.11 Å². The summed E-state index contributed by atoms with van der Waals surface area (Å²) in [5.74, 6) is 3.93. The maximum atomic E-state index is 9.77. The van der Waals surface area contributed by atoms with E-state index in [-0.39, 0.29) is 0 Å². The van der Waals surface area contributed by atoms with E-state index in [1.54, 1.807) is 12.7 Å². The molecular formula is C20H28O2. The summed E-state index contributed by atoms with van der Waals surface area (Å²) in [6, 6.07) is 6.72. The van der Waals surface area contributed by atoms with Crippen LogP contribution in [0.1, 0.15) is 56.1 Å². The van der Waals surface area contributed by atoms with Crippen molar-refractivity contribution in [3.05, 3.63) is 29.3 Å². The number of fused-ring (bicyclic) bond motifs is 5. The first-order chi connectivity index (χ1) is 10.7. The second kappa shape index (κ2) is 5.26. The zero-order valence-electron chi connectivity index (χ0n) is 13.8. The van der Waals surface area contributed by atoms with E-state index in [0.29, 0.717) is 17.9 Å². The number of rotatable bonds is 2. The lowest BCUT2D eigenvalue weighted by molar-refractivity contribution is 0.00956. The van der Waals surface area contributed by atoms with Crippen molar-refractivity contribution in [3.8, 4) is 5.75 Å². The van der Waals surface area contributed by atoms with Crippen molar-refractivity contribution in [2.24, 2.45) is 23.2 Å². The van der Waals surface area contributed by atoms with Crippen molar-refractivity contribution < 1.29 is 9.84 Å². The number of aliphatic hydroxyl groups is 1. The zero-order chi connectivity index (χ0) is 15.3. The van der Waals surface area contributed by atoms with Crippen LogP contribution in [-0.4, -0.2) is 18.8 Å². The minimum Gasteiger partial charge on any atom is -0.497 e. The maximum absolute atomic E-state index is 9.77. The molecule has 0 saturated heterocycles. The molecule has 1 aromatic rings. The molecular weight excluding hydrogens is 272 g/mol. The minimum absolute atomic E-state index is 0.387. The Kier molecular flexibility index (Phi) is 3.48. The lowest BCUT2D eigenvalue weighted by Gasteiger charge is -2.51. The number of benzene rings is 1. The molecule has 0 amide bonds. The van der Waals surface area contributed by atoms with Gasteiger partial charge in [0, 0.05) is 6.61 Å². The van der Waals surface area contributed by atoms with Crippen LogP contribution in [0.15, 0.2) is 18.2 Å². The predicted molar refractivity (Wildman–Crippen MR) is 88.2 cm³/mol. The fourth-order valence-electron chi connectivity index (χ4n) is 6.09. The van der Waals surface area contributed by atoms with Crippen LogP contribution in [0.3, 0.4) is 0 Å². The number of aryl methyl sites for hydroxylation is 1. The van der Waals surface area contributed by atoms with Crippen molar-refractivity contribution in [2.75, 3.05) is 13.7 Å². The summed E-state index contributed by atoms with van der Waals surface area (Å²) in [5, 5.41) is 9.77. The van der Waals surface area contributed by atoms with E-state index in [4.69, 9.17) is 4.74 Å². The lowest BCUT2D eigenvalue weighted by atomic mass is 9.54. The molecule has 0 spiro atoms. The quantitative estimate of drug-likeness (QED) is 0.888. The van der Waals surface area contributed by atoms with Crippen LogP contribution in [0.25, 0.3) is 0 Å². The monoisotopic (exact) mass is 300 g/mol. The van der Waals surface area contributed by atoms with Crippen molar-refractivity contribution in [2.45, 2.75) is 51.4 Å². The average molecular weight is 300 g/mol. The third-order valence-electron chi connectivity index (χ3n) is 7.35. The van der Waals surface area contributed by atoms with Crippen molar-refractivity contribution in [3.63, 3.8) is 0 Å². The van der Waals surface area contributed by atoms with Gasteiger partial charge < -0.3 is 9.84 Å². The summed E-state index contributed by atoms with van der Waals surface area (Å²) in [5.41, 5.74) is 3.49. The SMILES string of the molecule is COc1ccc2c(c1)CC[C@@H]1[C@@H]2CC[C@]2(C)[C@H](CO)CC[C@H]12. The molecule has 0 heterocycles. The summed E-state index contributed by atoms with van der Waals surface area (Å²) < 4.78 is 5.40. The van der Waals surface area contributed by atoms with Crippen LogP contribution < -0.4 is 4.74 Å². The molecule has 3 aliphatic carbocycles. The molecule has 2 saturated carbocycles. The smallest absolute Gasteiger partial charge is 0.119 e. The average Bonchev–Trinajstić information content (AvgIpc) is 2.90. The minimum atomic E-state index is 0.387. The molecule has 0 unspecified atom stereocenters.